The number of guanidine groups is 1. The highest BCUT2D eigenvalue weighted by molar-refractivity contribution is 7.89. The fourth-order valence-electron chi connectivity index (χ4n) is 2.49. The molecule has 128 valence electrons. The largest absolute Gasteiger partial charge is 0.373 e. The molecule has 0 amide bonds. The average Bonchev–Trinajstić information content (AvgIpc) is 2.94. The van der Waals surface area contributed by atoms with Crippen LogP contribution in [0.5, 0.6) is 0 Å². The van der Waals surface area contributed by atoms with E-state index >= 15 is 0 Å². The molecule has 0 aliphatic carbocycles. The normalized spacial score (nSPS) is 22.1. The number of hydrogen-bond donors (Lipinski definition) is 3. The second-order valence-corrected chi connectivity index (χ2v) is 7.44. The van der Waals surface area contributed by atoms with E-state index < -0.39 is 10.0 Å². The molecule has 4 N–H and O–H groups in total. The highest BCUT2D eigenvalue weighted by Gasteiger charge is 2.29. The van der Waals surface area contributed by atoms with Gasteiger partial charge in [0.2, 0.25) is 10.0 Å². The first kappa shape index (κ1) is 17.7. The topological polar surface area (TPSA) is 106 Å². The predicted octanol–water partition coefficient (Wildman–Crippen LogP) is 0.568. The molecule has 1 aromatic carbocycles. The minimum absolute atomic E-state index is 0.103. The van der Waals surface area contributed by atoms with Crippen molar-refractivity contribution in [2.45, 2.75) is 36.8 Å². The Balaban J connectivity index is 1.91. The number of primary sulfonamides is 1. The number of sulfonamides is 1. The zero-order chi connectivity index (χ0) is 16.9. The van der Waals surface area contributed by atoms with E-state index in [1.165, 1.54) is 6.07 Å². The number of ether oxygens (including phenoxy) is 1. The van der Waals surface area contributed by atoms with Crippen LogP contribution in [-0.4, -0.2) is 40.2 Å². The Hall–Kier alpha value is -1.64. The Labute approximate surface area is 137 Å². The van der Waals surface area contributed by atoms with Crippen LogP contribution in [0.1, 0.15) is 25.3 Å². The van der Waals surface area contributed by atoms with Gasteiger partial charge in [0.15, 0.2) is 5.96 Å². The first-order valence-electron chi connectivity index (χ1n) is 7.53. The van der Waals surface area contributed by atoms with Crippen molar-refractivity contribution in [2.24, 2.45) is 10.1 Å². The molecule has 0 radical (unpaired) electrons. The summed E-state index contributed by atoms with van der Waals surface area (Å²) in [6, 6.07) is 6.53. The van der Waals surface area contributed by atoms with Gasteiger partial charge in [-0.3, -0.25) is 4.99 Å². The number of rotatable bonds is 5. The highest BCUT2D eigenvalue weighted by atomic mass is 32.2. The number of nitrogens with one attached hydrogen (secondary N) is 2. The molecule has 1 fully saturated rings. The fraction of sp³-hybridized carbons (Fsp3) is 0.533. The molecular weight excluding hydrogens is 316 g/mol. The summed E-state index contributed by atoms with van der Waals surface area (Å²) in [5.74, 6) is 0.641. The number of nitrogens with two attached hydrogens (primary N) is 1. The number of benzene rings is 1. The molecular formula is C15H24N4O3S. The molecule has 0 spiro atoms. The lowest BCUT2D eigenvalue weighted by atomic mass is 10.0. The van der Waals surface area contributed by atoms with E-state index in [-0.39, 0.29) is 10.5 Å². The van der Waals surface area contributed by atoms with E-state index in [2.05, 4.69) is 22.5 Å². The Morgan fingerprint density at radius 2 is 2.22 bits per heavy atom. The summed E-state index contributed by atoms with van der Waals surface area (Å²) in [5.41, 5.74) is 0.647. The van der Waals surface area contributed by atoms with Crippen LogP contribution in [0.3, 0.4) is 0 Å². The van der Waals surface area contributed by atoms with Crippen molar-refractivity contribution in [3.05, 3.63) is 29.8 Å². The van der Waals surface area contributed by atoms with Crippen LogP contribution in [0.25, 0.3) is 0 Å². The molecule has 1 aliphatic heterocycles. The third-order valence-corrected chi connectivity index (χ3v) is 4.75. The van der Waals surface area contributed by atoms with E-state index in [1.807, 2.05) is 6.07 Å². The summed E-state index contributed by atoms with van der Waals surface area (Å²) in [4.78, 5) is 4.27. The van der Waals surface area contributed by atoms with Gasteiger partial charge in [0.25, 0.3) is 0 Å². The monoisotopic (exact) mass is 340 g/mol. The van der Waals surface area contributed by atoms with E-state index in [0.717, 1.165) is 25.0 Å². The molecule has 1 atom stereocenters. The van der Waals surface area contributed by atoms with Crippen LogP contribution in [0.15, 0.2) is 34.2 Å². The van der Waals surface area contributed by atoms with Gasteiger partial charge in [-0.15, -0.1) is 0 Å². The van der Waals surface area contributed by atoms with Crippen molar-refractivity contribution in [2.75, 3.05) is 20.2 Å². The second kappa shape index (κ2) is 7.29. The van der Waals surface area contributed by atoms with E-state index in [9.17, 15) is 8.42 Å². The SMILES string of the molecule is CN=C(NCc1cccc(S(N)(=O)=O)c1)NCC1(C)CCCO1. The quantitative estimate of drug-likeness (QED) is 0.537. The molecule has 1 aliphatic rings. The van der Waals surface area contributed by atoms with Gasteiger partial charge in [0.1, 0.15) is 0 Å². The van der Waals surface area contributed by atoms with Gasteiger partial charge in [-0.2, -0.15) is 0 Å². The minimum atomic E-state index is -3.69. The van der Waals surface area contributed by atoms with Crippen molar-refractivity contribution in [3.63, 3.8) is 0 Å². The summed E-state index contributed by atoms with van der Waals surface area (Å²) in [5, 5.41) is 11.5. The molecule has 2 rings (SSSR count). The van der Waals surface area contributed by atoms with Crippen molar-refractivity contribution < 1.29 is 13.2 Å². The van der Waals surface area contributed by atoms with E-state index in [1.54, 1.807) is 19.2 Å². The van der Waals surface area contributed by atoms with Crippen molar-refractivity contribution >= 4 is 16.0 Å². The predicted molar refractivity (Wildman–Crippen MR) is 89.6 cm³/mol. The lowest BCUT2D eigenvalue weighted by Crippen LogP contribution is -2.45. The lowest BCUT2D eigenvalue weighted by Gasteiger charge is -2.24. The van der Waals surface area contributed by atoms with Crippen molar-refractivity contribution in [1.82, 2.24) is 10.6 Å². The van der Waals surface area contributed by atoms with Gasteiger partial charge in [0.05, 0.1) is 10.5 Å². The third kappa shape index (κ3) is 5.19. The maximum Gasteiger partial charge on any atom is 0.238 e. The van der Waals surface area contributed by atoms with Gasteiger partial charge >= 0.3 is 0 Å². The Kier molecular flexibility index (Phi) is 5.61. The highest BCUT2D eigenvalue weighted by Crippen LogP contribution is 2.23. The Bertz CT molecular complexity index is 667. The molecule has 1 aromatic rings. The van der Waals surface area contributed by atoms with Crippen molar-refractivity contribution in [3.8, 4) is 0 Å². The third-order valence-electron chi connectivity index (χ3n) is 3.84. The zero-order valence-electron chi connectivity index (χ0n) is 13.5. The van der Waals surface area contributed by atoms with Crippen LogP contribution in [0.4, 0.5) is 0 Å². The molecule has 23 heavy (non-hydrogen) atoms. The number of nitrogens with zero attached hydrogens (tertiary/aromatic N) is 1. The average molecular weight is 340 g/mol. The zero-order valence-corrected chi connectivity index (χ0v) is 14.3. The summed E-state index contributed by atoms with van der Waals surface area (Å²) in [6.45, 7) is 3.99. The van der Waals surface area contributed by atoms with Crippen LogP contribution < -0.4 is 15.8 Å². The van der Waals surface area contributed by atoms with E-state index in [0.29, 0.717) is 19.0 Å². The first-order chi connectivity index (χ1) is 10.8. The Morgan fingerprint density at radius 3 is 2.83 bits per heavy atom. The van der Waals surface area contributed by atoms with Crippen LogP contribution >= 0.6 is 0 Å². The first-order valence-corrected chi connectivity index (χ1v) is 9.07. The molecule has 0 bridgehead atoms. The summed E-state index contributed by atoms with van der Waals surface area (Å²) in [7, 11) is -2.00. The Morgan fingerprint density at radius 1 is 1.43 bits per heavy atom. The second-order valence-electron chi connectivity index (χ2n) is 5.87. The maximum absolute atomic E-state index is 11.4. The molecule has 1 heterocycles. The molecule has 0 saturated carbocycles. The van der Waals surface area contributed by atoms with Crippen molar-refractivity contribution in [1.29, 1.82) is 0 Å². The summed E-state index contributed by atoms with van der Waals surface area (Å²) >= 11 is 0. The molecule has 1 unspecified atom stereocenters. The van der Waals surface area contributed by atoms with Gasteiger partial charge < -0.3 is 15.4 Å². The molecule has 1 saturated heterocycles. The van der Waals surface area contributed by atoms with Crippen LogP contribution in [0, 0.1) is 0 Å². The maximum atomic E-state index is 11.4. The minimum Gasteiger partial charge on any atom is -0.373 e. The van der Waals surface area contributed by atoms with Gasteiger partial charge in [-0.1, -0.05) is 12.1 Å². The molecule has 8 heteroatoms. The van der Waals surface area contributed by atoms with Gasteiger partial charge in [-0.25, -0.2) is 13.6 Å². The summed E-state index contributed by atoms with van der Waals surface area (Å²) in [6.07, 6.45) is 2.10. The molecule has 0 aromatic heterocycles. The van der Waals surface area contributed by atoms with Gasteiger partial charge in [-0.05, 0) is 37.5 Å². The van der Waals surface area contributed by atoms with Gasteiger partial charge in [0, 0.05) is 26.7 Å². The summed E-state index contributed by atoms with van der Waals surface area (Å²) < 4.78 is 28.5. The number of aliphatic imine (C=N–C) groups is 1. The lowest BCUT2D eigenvalue weighted by molar-refractivity contribution is 0.0243. The van der Waals surface area contributed by atoms with Crippen LogP contribution in [-0.2, 0) is 21.3 Å². The van der Waals surface area contributed by atoms with Crippen LogP contribution in [0.2, 0.25) is 0 Å². The molecule has 7 nitrogen and oxygen atoms in total. The smallest absolute Gasteiger partial charge is 0.238 e. The standard InChI is InChI=1S/C15H24N4O3S/c1-15(7-4-8-22-15)11-19-14(17-2)18-10-12-5-3-6-13(9-12)23(16,20)21/h3,5-6,9H,4,7-8,10-11H2,1-2H3,(H2,16,20,21)(H2,17,18,19). The number of hydrogen-bond acceptors (Lipinski definition) is 4. The fourth-order valence-corrected chi connectivity index (χ4v) is 3.07. The van der Waals surface area contributed by atoms with E-state index in [4.69, 9.17) is 9.88 Å².